The Labute approximate surface area is 155 Å². The monoisotopic (exact) mass is 349 g/mol. The first-order valence-electron chi connectivity index (χ1n) is 9.91. The van der Waals surface area contributed by atoms with Gasteiger partial charge in [0.1, 0.15) is 0 Å². The van der Waals surface area contributed by atoms with Crippen LogP contribution in [0.3, 0.4) is 0 Å². The maximum Gasteiger partial charge on any atom is 0.244 e. The van der Waals surface area contributed by atoms with E-state index in [0.29, 0.717) is 12.6 Å². The molecule has 0 aliphatic heterocycles. The van der Waals surface area contributed by atoms with Crippen molar-refractivity contribution in [2.45, 2.75) is 64.0 Å². The topological polar surface area (TPSA) is 46.9 Å². The lowest BCUT2D eigenvalue weighted by Gasteiger charge is -2.18. The van der Waals surface area contributed by atoms with Gasteiger partial charge >= 0.3 is 0 Å². The number of nitrogens with zero attached hydrogens (tertiary/aromatic N) is 2. The van der Waals surface area contributed by atoms with E-state index in [9.17, 15) is 4.79 Å². The van der Waals surface area contributed by atoms with Gasteiger partial charge in [-0.3, -0.25) is 9.48 Å². The molecule has 0 saturated heterocycles. The summed E-state index contributed by atoms with van der Waals surface area (Å²) < 4.78 is 2.31. The first kappa shape index (κ1) is 17.1. The number of benzene rings is 1. The van der Waals surface area contributed by atoms with E-state index in [0.717, 1.165) is 24.1 Å². The Morgan fingerprint density at radius 2 is 1.88 bits per heavy atom. The molecule has 4 rings (SSSR count). The number of fused-ring (bicyclic) bond motifs is 1. The molecule has 26 heavy (non-hydrogen) atoms. The normalized spacial score (nSPS) is 17.5. The van der Waals surface area contributed by atoms with E-state index in [2.05, 4.69) is 10.00 Å². The number of nitrogens with one attached hydrogen (secondary N) is 1. The zero-order chi connectivity index (χ0) is 17.8. The highest BCUT2D eigenvalue weighted by Gasteiger charge is 2.26. The fraction of sp³-hybridized carbons (Fsp3) is 0.455. The number of hydrogen-bond donors (Lipinski definition) is 1. The molecule has 4 nitrogen and oxygen atoms in total. The van der Waals surface area contributed by atoms with Crippen LogP contribution in [0.5, 0.6) is 0 Å². The zero-order valence-corrected chi connectivity index (χ0v) is 15.3. The van der Waals surface area contributed by atoms with Crippen molar-refractivity contribution in [2.24, 2.45) is 0 Å². The van der Waals surface area contributed by atoms with Gasteiger partial charge in [0.05, 0.1) is 18.3 Å². The molecule has 136 valence electrons. The smallest absolute Gasteiger partial charge is 0.244 e. The third kappa shape index (κ3) is 3.74. The molecule has 1 aromatic heterocycles. The molecular weight excluding hydrogens is 322 g/mol. The van der Waals surface area contributed by atoms with E-state index < -0.39 is 0 Å². The number of carbonyl (C=O) groups excluding carboxylic acids is 1. The molecule has 1 amide bonds. The summed E-state index contributed by atoms with van der Waals surface area (Å²) in [7, 11) is 0. The number of hydrogen-bond acceptors (Lipinski definition) is 2. The zero-order valence-electron chi connectivity index (χ0n) is 15.3. The Kier molecular flexibility index (Phi) is 5.19. The van der Waals surface area contributed by atoms with Crippen LogP contribution in [0.2, 0.25) is 0 Å². The van der Waals surface area contributed by atoms with Crippen molar-refractivity contribution in [2.75, 3.05) is 0 Å². The molecule has 1 aromatic carbocycles. The van der Waals surface area contributed by atoms with Crippen molar-refractivity contribution < 1.29 is 4.79 Å². The number of aromatic nitrogens is 2. The SMILES string of the molecule is O=C(C=Cc1ccccc1)NCc1nn(C2CCCC2)c2c1CCCC2. The molecule has 2 aromatic rings. The highest BCUT2D eigenvalue weighted by Crippen LogP contribution is 2.34. The second-order valence-corrected chi connectivity index (χ2v) is 7.42. The fourth-order valence-electron chi connectivity index (χ4n) is 4.26. The van der Waals surface area contributed by atoms with Crippen LogP contribution in [0.1, 0.15) is 67.1 Å². The van der Waals surface area contributed by atoms with E-state index in [1.807, 2.05) is 36.4 Å². The average Bonchev–Trinajstić information content (AvgIpc) is 3.33. The summed E-state index contributed by atoms with van der Waals surface area (Å²) in [5.41, 5.74) is 4.95. The fourth-order valence-corrected chi connectivity index (χ4v) is 4.26. The molecule has 1 fully saturated rings. The van der Waals surface area contributed by atoms with Gasteiger partial charge in [-0.05, 0) is 55.7 Å². The molecule has 1 saturated carbocycles. The second-order valence-electron chi connectivity index (χ2n) is 7.42. The first-order chi connectivity index (χ1) is 12.8. The number of carbonyl (C=O) groups is 1. The average molecular weight is 349 g/mol. The van der Waals surface area contributed by atoms with Crippen LogP contribution in [0, 0.1) is 0 Å². The first-order valence-corrected chi connectivity index (χ1v) is 9.91. The Hall–Kier alpha value is -2.36. The summed E-state index contributed by atoms with van der Waals surface area (Å²) in [6, 6.07) is 10.5. The largest absolute Gasteiger partial charge is 0.347 e. The van der Waals surface area contributed by atoms with E-state index in [-0.39, 0.29) is 5.91 Å². The third-order valence-corrected chi connectivity index (χ3v) is 5.62. The van der Waals surface area contributed by atoms with E-state index in [1.165, 1.54) is 49.8 Å². The maximum absolute atomic E-state index is 12.2. The molecule has 2 aliphatic rings. The summed E-state index contributed by atoms with van der Waals surface area (Å²) in [5, 5.41) is 7.96. The van der Waals surface area contributed by atoms with Crippen molar-refractivity contribution in [1.82, 2.24) is 15.1 Å². The van der Waals surface area contributed by atoms with Gasteiger partial charge in [0.25, 0.3) is 0 Å². The Morgan fingerprint density at radius 1 is 1.12 bits per heavy atom. The molecule has 1 N–H and O–H groups in total. The van der Waals surface area contributed by atoms with Gasteiger partial charge in [0.2, 0.25) is 5.91 Å². The number of amides is 1. The van der Waals surface area contributed by atoms with Crippen LogP contribution in [-0.4, -0.2) is 15.7 Å². The molecule has 0 bridgehead atoms. The lowest BCUT2D eigenvalue weighted by Crippen LogP contribution is -2.21. The molecule has 4 heteroatoms. The minimum absolute atomic E-state index is 0.0613. The van der Waals surface area contributed by atoms with Gasteiger partial charge < -0.3 is 5.32 Å². The van der Waals surface area contributed by atoms with Gasteiger partial charge in [-0.1, -0.05) is 43.2 Å². The minimum Gasteiger partial charge on any atom is -0.347 e. The Balaban J connectivity index is 1.44. The molecule has 0 radical (unpaired) electrons. The van der Waals surface area contributed by atoms with Crippen molar-refractivity contribution >= 4 is 12.0 Å². The minimum atomic E-state index is -0.0613. The van der Waals surface area contributed by atoms with Crippen LogP contribution in [-0.2, 0) is 24.2 Å². The van der Waals surface area contributed by atoms with Crippen LogP contribution in [0.25, 0.3) is 6.08 Å². The van der Waals surface area contributed by atoms with Gasteiger partial charge in [0, 0.05) is 11.8 Å². The summed E-state index contributed by atoms with van der Waals surface area (Å²) in [6.07, 6.45) is 13.3. The predicted octanol–water partition coefficient (Wildman–Crippen LogP) is 4.21. The van der Waals surface area contributed by atoms with E-state index in [1.54, 1.807) is 6.08 Å². The highest BCUT2D eigenvalue weighted by atomic mass is 16.1. The molecular formula is C22H27N3O. The van der Waals surface area contributed by atoms with Gasteiger partial charge in [-0.15, -0.1) is 0 Å². The van der Waals surface area contributed by atoms with Crippen LogP contribution >= 0.6 is 0 Å². The molecule has 0 spiro atoms. The lowest BCUT2D eigenvalue weighted by atomic mass is 9.95. The second kappa shape index (κ2) is 7.90. The van der Waals surface area contributed by atoms with Crippen molar-refractivity contribution in [3.8, 4) is 0 Å². The van der Waals surface area contributed by atoms with Crippen LogP contribution in [0.15, 0.2) is 36.4 Å². The van der Waals surface area contributed by atoms with Crippen molar-refractivity contribution in [3.63, 3.8) is 0 Å². The standard InChI is InChI=1S/C22H27N3O/c26-22(15-14-17-8-2-1-3-9-17)23-16-20-19-12-6-7-13-21(19)25(24-20)18-10-4-5-11-18/h1-3,8-9,14-15,18H,4-7,10-13,16H2,(H,23,26). The Bertz CT molecular complexity index is 785. The quantitative estimate of drug-likeness (QED) is 0.822. The molecule has 0 unspecified atom stereocenters. The summed E-state index contributed by atoms with van der Waals surface area (Å²) in [6.45, 7) is 0.528. The summed E-state index contributed by atoms with van der Waals surface area (Å²) in [5.74, 6) is -0.0613. The molecule has 1 heterocycles. The van der Waals surface area contributed by atoms with Crippen LogP contribution in [0.4, 0.5) is 0 Å². The molecule has 0 atom stereocenters. The van der Waals surface area contributed by atoms with Crippen molar-refractivity contribution in [3.05, 3.63) is 58.9 Å². The highest BCUT2D eigenvalue weighted by molar-refractivity contribution is 5.91. The van der Waals surface area contributed by atoms with E-state index in [4.69, 9.17) is 5.10 Å². The maximum atomic E-state index is 12.2. The van der Waals surface area contributed by atoms with Crippen molar-refractivity contribution in [1.29, 1.82) is 0 Å². The number of rotatable bonds is 5. The van der Waals surface area contributed by atoms with Gasteiger partial charge in [-0.25, -0.2) is 0 Å². The van der Waals surface area contributed by atoms with Crippen LogP contribution < -0.4 is 5.32 Å². The third-order valence-electron chi connectivity index (χ3n) is 5.62. The van der Waals surface area contributed by atoms with Gasteiger partial charge in [0.15, 0.2) is 0 Å². The predicted molar refractivity (Wildman–Crippen MR) is 104 cm³/mol. The lowest BCUT2D eigenvalue weighted by molar-refractivity contribution is -0.116. The summed E-state index contributed by atoms with van der Waals surface area (Å²) >= 11 is 0. The van der Waals surface area contributed by atoms with Gasteiger partial charge in [-0.2, -0.15) is 5.10 Å². The summed E-state index contributed by atoms with van der Waals surface area (Å²) in [4.78, 5) is 12.2. The van der Waals surface area contributed by atoms with E-state index >= 15 is 0 Å². The Morgan fingerprint density at radius 3 is 2.69 bits per heavy atom. The molecule has 2 aliphatic carbocycles.